The minimum absolute atomic E-state index is 0.610. The van der Waals surface area contributed by atoms with Crippen LogP contribution in [0.25, 0.3) is 123 Å². The van der Waals surface area contributed by atoms with E-state index in [0.29, 0.717) is 17.5 Å². The quantitative estimate of drug-likeness (QED) is 0.130. The lowest BCUT2D eigenvalue weighted by Gasteiger charge is -2.23. The molecule has 0 unspecified atom stereocenters. The minimum atomic E-state index is 0.610. The highest BCUT2D eigenvalue weighted by atomic mass is 15.0. The molecule has 338 valence electrons. The van der Waals surface area contributed by atoms with Gasteiger partial charge >= 0.3 is 0 Å². The summed E-state index contributed by atoms with van der Waals surface area (Å²) in [5.74, 6) is 1.85. The zero-order valence-corrected chi connectivity index (χ0v) is 39.3. The largest absolute Gasteiger partial charge is 0.246 e. The van der Waals surface area contributed by atoms with Crippen molar-refractivity contribution in [2.75, 3.05) is 0 Å². The van der Waals surface area contributed by atoms with Crippen molar-refractivity contribution in [3.63, 3.8) is 0 Å². The highest BCUT2D eigenvalue weighted by Crippen LogP contribution is 2.49. The van der Waals surface area contributed by atoms with E-state index in [1.807, 2.05) is 12.1 Å². The lowest BCUT2D eigenvalue weighted by atomic mass is 9.83. The lowest BCUT2D eigenvalue weighted by molar-refractivity contribution is 1.07. The van der Waals surface area contributed by atoms with Gasteiger partial charge in [-0.2, -0.15) is 0 Å². The van der Waals surface area contributed by atoms with E-state index in [1.165, 1.54) is 0 Å². The van der Waals surface area contributed by atoms with Gasteiger partial charge in [-0.3, -0.25) is 0 Å². The van der Waals surface area contributed by atoms with Gasteiger partial charge in [0.05, 0.1) is 11.4 Å². The Morgan fingerprint density at radius 1 is 0.139 bits per heavy atom. The molecule has 0 saturated heterocycles. The highest BCUT2D eigenvalue weighted by molar-refractivity contribution is 6.05. The van der Waals surface area contributed by atoms with Gasteiger partial charge in [0.15, 0.2) is 17.5 Å². The first-order valence-electron chi connectivity index (χ1n) is 24.3. The van der Waals surface area contributed by atoms with Gasteiger partial charge in [-0.05, 0) is 50.1 Å². The Bertz CT molecular complexity index is 3550. The number of hydrogen-bond acceptors (Lipinski definition) is 4. The molecule has 0 aliphatic rings. The van der Waals surface area contributed by atoms with Gasteiger partial charge in [-0.25, -0.2) is 19.9 Å². The molecule has 4 nitrogen and oxygen atoms in total. The normalized spacial score (nSPS) is 11.1. The summed E-state index contributed by atoms with van der Waals surface area (Å²) < 4.78 is 0. The van der Waals surface area contributed by atoms with Crippen molar-refractivity contribution in [2.24, 2.45) is 0 Å². The summed E-state index contributed by atoms with van der Waals surface area (Å²) in [5.41, 5.74) is 20.1. The molecule has 10 aromatic carbocycles. The molecule has 0 bridgehead atoms. The van der Waals surface area contributed by atoms with Crippen LogP contribution >= 0.6 is 0 Å². The van der Waals surface area contributed by atoms with Crippen LogP contribution in [0.15, 0.2) is 279 Å². The number of nitrogens with zero attached hydrogens (tertiary/aromatic N) is 4. The first-order chi connectivity index (χ1) is 35.7. The maximum absolute atomic E-state index is 5.61. The molecule has 0 amide bonds. The Morgan fingerprint density at radius 3 is 0.611 bits per heavy atom. The molecular weight excluding hydrogens is 873 g/mol. The van der Waals surface area contributed by atoms with Crippen LogP contribution in [0.2, 0.25) is 0 Å². The molecule has 2 heterocycles. The SMILES string of the molecule is c1ccc(-c2ccc(-c3nc(-c4ccc(-c5ccccc5)cc4)nc(-c4ccc(-c5ccc(-c6c(-c7ccccc7)c(-c7ccccc7)nc(-c7ccccc7)c6-c6ccccc6)cc5)cc4)n3)cc2)cc1. The third kappa shape index (κ3) is 8.93. The van der Waals surface area contributed by atoms with Crippen molar-refractivity contribution < 1.29 is 0 Å². The minimum Gasteiger partial charge on any atom is -0.246 e. The maximum atomic E-state index is 5.61. The van der Waals surface area contributed by atoms with Crippen LogP contribution in [-0.4, -0.2) is 19.9 Å². The van der Waals surface area contributed by atoms with E-state index < -0.39 is 0 Å². The molecule has 12 aromatic rings. The Kier molecular flexibility index (Phi) is 12.0. The fraction of sp³-hybridized carbons (Fsp3) is 0. The standard InChI is InChI=1S/C68H46N4/c1-7-19-47(20-8-1)49-33-41-58(42-34-49)66-70-67(59-43-35-50(36-44-59)48-21-9-2-10-22-48)72-68(71-66)60-45-37-52(38-46-60)51-31-39-55(40-32-51)61-62(53-23-11-3-12-24-53)64(56-27-15-5-16-28-56)69-65(57-29-17-6-18-30-57)63(61)54-25-13-4-14-26-54/h1-46H. The first kappa shape index (κ1) is 43.6. The summed E-state index contributed by atoms with van der Waals surface area (Å²) in [6.07, 6.45) is 0. The van der Waals surface area contributed by atoms with Crippen molar-refractivity contribution in [3.8, 4) is 123 Å². The van der Waals surface area contributed by atoms with Gasteiger partial charge in [-0.1, -0.05) is 279 Å². The van der Waals surface area contributed by atoms with Crippen molar-refractivity contribution in [1.82, 2.24) is 19.9 Å². The number of benzene rings is 10. The monoisotopic (exact) mass is 918 g/mol. The van der Waals surface area contributed by atoms with Gasteiger partial charge in [0, 0.05) is 44.5 Å². The van der Waals surface area contributed by atoms with Crippen molar-refractivity contribution in [2.45, 2.75) is 0 Å². The molecule has 72 heavy (non-hydrogen) atoms. The topological polar surface area (TPSA) is 51.6 Å². The Balaban J connectivity index is 0.946. The first-order valence-corrected chi connectivity index (χ1v) is 24.3. The summed E-state index contributed by atoms with van der Waals surface area (Å²) in [5, 5.41) is 0. The average molecular weight is 919 g/mol. The second kappa shape index (κ2) is 19.8. The second-order valence-electron chi connectivity index (χ2n) is 17.7. The van der Waals surface area contributed by atoms with E-state index in [0.717, 1.165) is 106 Å². The molecule has 0 radical (unpaired) electrons. The fourth-order valence-electron chi connectivity index (χ4n) is 9.54. The molecular formula is C68H46N4. The van der Waals surface area contributed by atoms with Gasteiger partial charge in [0.2, 0.25) is 0 Å². The molecule has 0 spiro atoms. The average Bonchev–Trinajstić information content (AvgIpc) is 3.48. The summed E-state index contributed by atoms with van der Waals surface area (Å²) in [6.45, 7) is 0. The van der Waals surface area contributed by atoms with E-state index in [4.69, 9.17) is 19.9 Å². The third-order valence-electron chi connectivity index (χ3n) is 13.2. The molecule has 0 N–H and O–H groups in total. The lowest BCUT2D eigenvalue weighted by Crippen LogP contribution is -2.01. The number of rotatable bonds is 11. The highest BCUT2D eigenvalue weighted by Gasteiger charge is 2.25. The summed E-state index contributed by atoms with van der Waals surface area (Å²) in [7, 11) is 0. The maximum Gasteiger partial charge on any atom is 0.164 e. The van der Waals surface area contributed by atoms with E-state index in [1.54, 1.807) is 0 Å². The molecule has 0 aliphatic heterocycles. The summed E-state index contributed by atoms with van der Waals surface area (Å²) >= 11 is 0. The van der Waals surface area contributed by atoms with Crippen LogP contribution in [0.5, 0.6) is 0 Å². The molecule has 4 heteroatoms. The Hall–Kier alpha value is -9.64. The third-order valence-corrected chi connectivity index (χ3v) is 13.2. The molecule has 0 atom stereocenters. The zero-order valence-electron chi connectivity index (χ0n) is 39.3. The van der Waals surface area contributed by atoms with E-state index >= 15 is 0 Å². The van der Waals surface area contributed by atoms with Crippen molar-refractivity contribution in [3.05, 3.63) is 279 Å². The van der Waals surface area contributed by atoms with Crippen LogP contribution in [0.4, 0.5) is 0 Å². The van der Waals surface area contributed by atoms with Crippen molar-refractivity contribution >= 4 is 0 Å². The predicted molar refractivity (Wildman–Crippen MR) is 297 cm³/mol. The molecule has 0 aliphatic carbocycles. The smallest absolute Gasteiger partial charge is 0.164 e. The van der Waals surface area contributed by atoms with Gasteiger partial charge in [0.25, 0.3) is 0 Å². The van der Waals surface area contributed by atoms with Crippen LogP contribution < -0.4 is 0 Å². The number of hydrogen-bond donors (Lipinski definition) is 0. The van der Waals surface area contributed by atoms with Crippen LogP contribution in [0.3, 0.4) is 0 Å². The number of aromatic nitrogens is 4. The summed E-state index contributed by atoms with van der Waals surface area (Å²) in [6, 6.07) is 97.8. The molecule has 0 saturated carbocycles. The van der Waals surface area contributed by atoms with Gasteiger partial charge in [0.1, 0.15) is 0 Å². The molecule has 0 fully saturated rings. The predicted octanol–water partition coefficient (Wildman–Crippen LogP) is 17.6. The van der Waals surface area contributed by atoms with Gasteiger partial charge in [-0.15, -0.1) is 0 Å². The van der Waals surface area contributed by atoms with Crippen LogP contribution in [0, 0.1) is 0 Å². The molecule has 12 rings (SSSR count). The van der Waals surface area contributed by atoms with Gasteiger partial charge < -0.3 is 0 Å². The molecule has 2 aromatic heterocycles. The second-order valence-corrected chi connectivity index (χ2v) is 17.7. The van der Waals surface area contributed by atoms with E-state index in [9.17, 15) is 0 Å². The van der Waals surface area contributed by atoms with E-state index in [-0.39, 0.29) is 0 Å². The van der Waals surface area contributed by atoms with Crippen LogP contribution in [-0.2, 0) is 0 Å². The number of pyridine rings is 1. The summed E-state index contributed by atoms with van der Waals surface area (Å²) in [4.78, 5) is 20.9. The Labute approximate surface area is 420 Å². The van der Waals surface area contributed by atoms with Crippen molar-refractivity contribution in [1.29, 1.82) is 0 Å². The van der Waals surface area contributed by atoms with Crippen LogP contribution in [0.1, 0.15) is 0 Å². The fourth-order valence-corrected chi connectivity index (χ4v) is 9.54. The van der Waals surface area contributed by atoms with E-state index in [2.05, 4.69) is 267 Å². The Morgan fingerprint density at radius 2 is 0.333 bits per heavy atom. The zero-order chi connectivity index (χ0) is 48.1.